The van der Waals surface area contributed by atoms with Crippen LogP contribution in [0.15, 0.2) is 60.7 Å². The number of anilines is 1. The number of carbonyl (C=O) groups excluding carboxylic acids is 2. The number of fused-ring (bicyclic) bond motifs is 1. The van der Waals surface area contributed by atoms with Gasteiger partial charge in [0.15, 0.2) is 6.10 Å². The fourth-order valence-electron chi connectivity index (χ4n) is 2.82. The number of nitrogens with one attached hydrogen (secondary N) is 2. The third kappa shape index (κ3) is 4.72. The lowest BCUT2D eigenvalue weighted by atomic mass is 10.0. The smallest absolute Gasteiger partial charge is 0.256 e. The van der Waals surface area contributed by atoms with Gasteiger partial charge in [-0.25, -0.2) is 9.87 Å². The van der Waals surface area contributed by atoms with Gasteiger partial charge in [0.05, 0.1) is 12.1 Å². The van der Waals surface area contributed by atoms with Crippen molar-refractivity contribution in [2.45, 2.75) is 26.4 Å². The zero-order valence-corrected chi connectivity index (χ0v) is 15.7. The summed E-state index contributed by atoms with van der Waals surface area (Å²) in [6.45, 7) is 3.23. The quantitative estimate of drug-likeness (QED) is 0.637. The van der Waals surface area contributed by atoms with Crippen LogP contribution in [0.1, 0.15) is 18.1 Å². The normalized spacial score (nSPS) is 11.8. The highest BCUT2D eigenvalue weighted by Crippen LogP contribution is 2.19. The van der Waals surface area contributed by atoms with Crippen LogP contribution in [0.3, 0.4) is 0 Å². The molecule has 6 heteroatoms. The molecule has 0 spiro atoms. The van der Waals surface area contributed by atoms with Gasteiger partial charge in [0.2, 0.25) is 5.91 Å². The molecule has 0 saturated carbocycles. The Labute approximate surface area is 162 Å². The molecule has 0 saturated heterocycles. The molecule has 0 aliphatic carbocycles. The molecule has 3 aromatic carbocycles. The van der Waals surface area contributed by atoms with Gasteiger partial charge >= 0.3 is 0 Å². The monoisotopic (exact) mass is 380 g/mol. The van der Waals surface area contributed by atoms with Crippen LogP contribution in [0.5, 0.6) is 0 Å². The van der Waals surface area contributed by atoms with Crippen molar-refractivity contribution >= 4 is 28.3 Å². The largest absolute Gasteiger partial charge is 0.321 e. The van der Waals surface area contributed by atoms with Gasteiger partial charge in [-0.05, 0) is 47.9 Å². The molecule has 0 aliphatic heterocycles. The highest BCUT2D eigenvalue weighted by Gasteiger charge is 2.17. The number of aryl methyl sites for hydroxylation is 1. The molecule has 2 N–H and O–H groups in total. The summed E-state index contributed by atoms with van der Waals surface area (Å²) in [5.74, 6) is -1.47. The molecule has 3 rings (SSSR count). The van der Waals surface area contributed by atoms with E-state index in [4.69, 9.17) is 4.84 Å². The minimum absolute atomic E-state index is 0.0631. The lowest BCUT2D eigenvalue weighted by Crippen LogP contribution is -2.36. The fourth-order valence-corrected chi connectivity index (χ4v) is 2.82. The Kier molecular flexibility index (Phi) is 6.01. The van der Waals surface area contributed by atoms with Gasteiger partial charge < -0.3 is 5.32 Å². The van der Waals surface area contributed by atoms with E-state index in [9.17, 15) is 14.0 Å². The van der Waals surface area contributed by atoms with Crippen LogP contribution >= 0.6 is 0 Å². The minimum atomic E-state index is -0.989. The maximum atomic E-state index is 13.8. The molecular formula is C22H21FN2O3. The lowest BCUT2D eigenvalue weighted by Gasteiger charge is -2.14. The summed E-state index contributed by atoms with van der Waals surface area (Å²) in [5.41, 5.74) is 3.97. The number of amides is 2. The molecule has 2 amide bonds. The molecule has 0 radical (unpaired) electrons. The maximum absolute atomic E-state index is 13.8. The van der Waals surface area contributed by atoms with Gasteiger partial charge in [-0.3, -0.25) is 14.4 Å². The van der Waals surface area contributed by atoms with E-state index in [-0.39, 0.29) is 18.0 Å². The van der Waals surface area contributed by atoms with E-state index in [1.165, 1.54) is 19.1 Å². The van der Waals surface area contributed by atoms with Gasteiger partial charge in [0, 0.05) is 0 Å². The first-order valence-electron chi connectivity index (χ1n) is 8.92. The van der Waals surface area contributed by atoms with Gasteiger partial charge in [0.1, 0.15) is 5.82 Å². The molecule has 0 bridgehead atoms. The summed E-state index contributed by atoms with van der Waals surface area (Å²) in [4.78, 5) is 29.5. The summed E-state index contributed by atoms with van der Waals surface area (Å²) < 4.78 is 13.8. The number of hydroxylamine groups is 1. The summed E-state index contributed by atoms with van der Waals surface area (Å²) in [5, 5.41) is 4.47. The van der Waals surface area contributed by atoms with Gasteiger partial charge in [0.25, 0.3) is 5.91 Å². The van der Waals surface area contributed by atoms with Crippen molar-refractivity contribution in [3.8, 4) is 0 Å². The Morgan fingerprint density at radius 2 is 1.82 bits per heavy atom. The van der Waals surface area contributed by atoms with Crippen molar-refractivity contribution in [2.24, 2.45) is 0 Å². The van der Waals surface area contributed by atoms with Crippen LogP contribution in [0, 0.1) is 12.7 Å². The van der Waals surface area contributed by atoms with Crippen molar-refractivity contribution in [2.75, 3.05) is 5.32 Å². The second-order valence-electron chi connectivity index (χ2n) is 6.57. The number of hydrogen-bond donors (Lipinski definition) is 2. The van der Waals surface area contributed by atoms with Crippen molar-refractivity contribution < 1.29 is 18.8 Å². The van der Waals surface area contributed by atoms with Crippen LogP contribution < -0.4 is 10.8 Å². The summed E-state index contributed by atoms with van der Waals surface area (Å²) in [6, 6.07) is 18.0. The van der Waals surface area contributed by atoms with Gasteiger partial charge in [-0.15, -0.1) is 0 Å². The van der Waals surface area contributed by atoms with Gasteiger partial charge in [-0.2, -0.15) is 0 Å². The summed E-state index contributed by atoms with van der Waals surface area (Å²) in [6.07, 6.45) is -0.875. The van der Waals surface area contributed by atoms with Crippen molar-refractivity contribution in [1.29, 1.82) is 0 Å². The van der Waals surface area contributed by atoms with E-state index in [0.29, 0.717) is 0 Å². The molecule has 28 heavy (non-hydrogen) atoms. The van der Waals surface area contributed by atoms with Gasteiger partial charge in [-0.1, -0.05) is 48.5 Å². The molecule has 1 atom stereocenters. The first-order chi connectivity index (χ1) is 13.4. The highest BCUT2D eigenvalue weighted by atomic mass is 19.1. The maximum Gasteiger partial charge on any atom is 0.256 e. The Balaban J connectivity index is 1.55. The van der Waals surface area contributed by atoms with Crippen molar-refractivity contribution in [3.63, 3.8) is 0 Å². The number of halogens is 1. The highest BCUT2D eigenvalue weighted by molar-refractivity contribution is 5.94. The van der Waals surface area contributed by atoms with Crippen LogP contribution in [-0.4, -0.2) is 17.9 Å². The molecule has 144 valence electrons. The molecule has 0 heterocycles. The number of benzene rings is 3. The molecule has 0 fully saturated rings. The molecule has 5 nitrogen and oxygen atoms in total. The Bertz CT molecular complexity index is 1010. The third-order valence-corrected chi connectivity index (χ3v) is 4.33. The Morgan fingerprint density at radius 3 is 2.61 bits per heavy atom. The number of hydrogen-bond acceptors (Lipinski definition) is 3. The Hall–Kier alpha value is -3.25. The topological polar surface area (TPSA) is 67.4 Å². The molecule has 3 aromatic rings. The van der Waals surface area contributed by atoms with E-state index in [0.717, 1.165) is 21.9 Å². The summed E-state index contributed by atoms with van der Waals surface area (Å²) >= 11 is 0. The second kappa shape index (κ2) is 8.63. The van der Waals surface area contributed by atoms with Crippen molar-refractivity contribution in [3.05, 3.63) is 77.6 Å². The first-order valence-corrected chi connectivity index (χ1v) is 8.92. The lowest BCUT2D eigenvalue weighted by molar-refractivity contribution is -0.143. The van der Waals surface area contributed by atoms with E-state index in [2.05, 4.69) is 10.8 Å². The average molecular weight is 380 g/mol. The van der Waals surface area contributed by atoms with Crippen LogP contribution in [0.4, 0.5) is 10.1 Å². The van der Waals surface area contributed by atoms with Crippen molar-refractivity contribution in [1.82, 2.24) is 5.48 Å². The molecule has 1 unspecified atom stereocenters. The second-order valence-corrected chi connectivity index (χ2v) is 6.57. The summed E-state index contributed by atoms with van der Waals surface area (Å²) in [7, 11) is 0. The minimum Gasteiger partial charge on any atom is -0.321 e. The first kappa shape index (κ1) is 19.5. The third-order valence-electron chi connectivity index (χ3n) is 4.33. The standard InChI is InChI=1S/C22H21FN2O3/c1-14-10-11-20(19(23)12-14)24-22(27)15(2)28-25-21(26)13-17-8-5-7-16-6-3-4-9-18(16)17/h3-12,15H,13H2,1-2H3,(H,24,27)(H,25,26). The van der Waals surface area contributed by atoms with Crippen LogP contribution in [-0.2, 0) is 20.8 Å². The zero-order valence-electron chi connectivity index (χ0n) is 15.7. The molecule has 0 aliphatic rings. The van der Waals surface area contributed by atoms with E-state index < -0.39 is 17.8 Å². The average Bonchev–Trinajstić information content (AvgIpc) is 2.68. The number of carbonyl (C=O) groups is 2. The molecule has 0 aromatic heterocycles. The van der Waals surface area contributed by atoms with E-state index >= 15 is 0 Å². The zero-order chi connectivity index (χ0) is 20.1. The predicted octanol–water partition coefficient (Wildman–Crippen LogP) is 3.90. The van der Waals surface area contributed by atoms with E-state index in [1.807, 2.05) is 42.5 Å². The number of rotatable bonds is 6. The van der Waals surface area contributed by atoms with Crippen LogP contribution in [0.25, 0.3) is 10.8 Å². The Morgan fingerprint density at radius 1 is 1.07 bits per heavy atom. The fraction of sp³-hybridized carbons (Fsp3) is 0.182. The predicted molar refractivity (Wildman–Crippen MR) is 106 cm³/mol. The molecular weight excluding hydrogens is 359 g/mol. The van der Waals surface area contributed by atoms with Crippen LogP contribution in [0.2, 0.25) is 0 Å². The SMILES string of the molecule is Cc1ccc(NC(=O)C(C)ONC(=O)Cc2cccc3ccccc23)c(F)c1. The van der Waals surface area contributed by atoms with E-state index in [1.54, 1.807) is 13.0 Å².